The van der Waals surface area contributed by atoms with Gasteiger partial charge in [-0.15, -0.1) is 0 Å². The highest BCUT2D eigenvalue weighted by Gasteiger charge is 2.62. The van der Waals surface area contributed by atoms with E-state index < -0.39 is 40.8 Å². The van der Waals surface area contributed by atoms with Gasteiger partial charge in [0.2, 0.25) is 0 Å². The lowest BCUT2D eigenvalue weighted by molar-refractivity contribution is -0.267. The van der Waals surface area contributed by atoms with Crippen LogP contribution in [-0.4, -0.2) is 49.0 Å². The Morgan fingerprint density at radius 1 is 0.933 bits per heavy atom. The maximum atomic E-state index is 13.4. The van der Waals surface area contributed by atoms with Gasteiger partial charge in [0.1, 0.15) is 0 Å². The summed E-state index contributed by atoms with van der Waals surface area (Å²) in [5, 5.41) is 12.6. The monoisotopic (exact) mass is 433 g/mol. The summed E-state index contributed by atoms with van der Waals surface area (Å²) >= 11 is 0. The highest BCUT2D eigenvalue weighted by Crippen LogP contribution is 2.40. The largest absolute Gasteiger partial charge is 0.463 e. The summed E-state index contributed by atoms with van der Waals surface area (Å²) in [4.78, 5) is 35.5. The lowest BCUT2D eigenvalue weighted by Crippen LogP contribution is -2.50. The first kappa shape index (κ1) is 25.0. The fraction of sp³-hybridized carbons (Fsp3) is 0.421. The van der Waals surface area contributed by atoms with Gasteiger partial charge in [-0.1, -0.05) is 12.1 Å². The van der Waals surface area contributed by atoms with E-state index in [1.54, 1.807) is 0 Å². The molecule has 0 saturated carbocycles. The lowest BCUT2D eigenvalue weighted by atomic mass is 9.93. The molecule has 1 rings (SSSR count). The van der Waals surface area contributed by atoms with Crippen molar-refractivity contribution in [2.45, 2.75) is 32.5 Å². The van der Waals surface area contributed by atoms with Crippen molar-refractivity contribution < 1.29 is 46.9 Å². The quantitative estimate of drug-likeness (QED) is 0.201. The zero-order valence-electron chi connectivity index (χ0n) is 16.5. The molecule has 0 fully saturated rings. The van der Waals surface area contributed by atoms with Gasteiger partial charge in [-0.25, -0.2) is 14.4 Å². The second kappa shape index (κ2) is 10.6. The van der Waals surface area contributed by atoms with Crippen LogP contribution in [0.1, 0.15) is 26.3 Å². The molecule has 0 aromatic heterocycles. The SMILES string of the molecule is CCOC(=O)C(=CNc1ccc(C(O)(C(=O)OCC)C(F)(F)F)cc1)C(=O)OCC. The predicted octanol–water partition coefficient (Wildman–Crippen LogP) is 2.42. The number of benzene rings is 1. The Labute approximate surface area is 170 Å². The molecule has 0 spiro atoms. The minimum atomic E-state index is -5.32. The second-order valence-corrected chi connectivity index (χ2v) is 5.65. The maximum Gasteiger partial charge on any atom is 0.432 e. The van der Waals surface area contributed by atoms with Crippen molar-refractivity contribution in [1.82, 2.24) is 0 Å². The number of rotatable bonds is 9. The van der Waals surface area contributed by atoms with Crippen LogP contribution in [0.15, 0.2) is 36.0 Å². The molecule has 1 aromatic rings. The average molecular weight is 433 g/mol. The van der Waals surface area contributed by atoms with Crippen molar-refractivity contribution in [3.8, 4) is 0 Å². The van der Waals surface area contributed by atoms with E-state index in [1.807, 2.05) is 0 Å². The molecule has 0 radical (unpaired) electrons. The number of hydrogen-bond donors (Lipinski definition) is 2. The van der Waals surface area contributed by atoms with Gasteiger partial charge >= 0.3 is 24.1 Å². The Balaban J connectivity index is 3.18. The highest BCUT2D eigenvalue weighted by molar-refractivity contribution is 6.14. The predicted molar refractivity (Wildman–Crippen MR) is 98.0 cm³/mol. The van der Waals surface area contributed by atoms with Crippen molar-refractivity contribution in [3.63, 3.8) is 0 Å². The van der Waals surface area contributed by atoms with Gasteiger partial charge in [-0.2, -0.15) is 13.2 Å². The number of ether oxygens (including phenoxy) is 3. The topological polar surface area (TPSA) is 111 Å². The summed E-state index contributed by atoms with van der Waals surface area (Å²) < 4.78 is 54.0. The highest BCUT2D eigenvalue weighted by atomic mass is 19.4. The Morgan fingerprint density at radius 2 is 1.40 bits per heavy atom. The molecule has 0 bridgehead atoms. The third-order valence-electron chi connectivity index (χ3n) is 3.66. The fourth-order valence-electron chi connectivity index (χ4n) is 2.21. The normalized spacial score (nSPS) is 12.9. The first-order valence-corrected chi connectivity index (χ1v) is 8.90. The summed E-state index contributed by atoms with van der Waals surface area (Å²) in [6, 6.07) is 3.93. The van der Waals surface area contributed by atoms with Gasteiger partial charge in [0.15, 0.2) is 5.57 Å². The van der Waals surface area contributed by atoms with E-state index in [0.717, 1.165) is 30.5 Å². The van der Waals surface area contributed by atoms with E-state index in [0.29, 0.717) is 0 Å². The van der Waals surface area contributed by atoms with Crippen LogP contribution in [0.3, 0.4) is 0 Å². The molecule has 0 saturated heterocycles. The molecule has 1 aromatic carbocycles. The van der Waals surface area contributed by atoms with Gasteiger partial charge in [0.25, 0.3) is 5.60 Å². The number of hydrogen-bond acceptors (Lipinski definition) is 8. The lowest BCUT2D eigenvalue weighted by Gasteiger charge is -2.28. The Bertz CT molecular complexity index is 770. The summed E-state index contributed by atoms with van der Waals surface area (Å²) in [5.74, 6) is -3.76. The average Bonchev–Trinajstić information content (AvgIpc) is 2.67. The molecule has 2 N–H and O–H groups in total. The van der Waals surface area contributed by atoms with Crippen molar-refractivity contribution in [2.24, 2.45) is 0 Å². The van der Waals surface area contributed by atoms with Gasteiger partial charge in [-0.05, 0) is 32.9 Å². The number of carbonyl (C=O) groups is 3. The molecular formula is C19H22F3NO7. The minimum Gasteiger partial charge on any atom is -0.463 e. The molecule has 8 nitrogen and oxygen atoms in total. The van der Waals surface area contributed by atoms with Crippen LogP contribution in [0.4, 0.5) is 18.9 Å². The van der Waals surface area contributed by atoms with Crippen LogP contribution >= 0.6 is 0 Å². The zero-order chi connectivity index (χ0) is 22.9. The molecule has 0 aliphatic rings. The van der Waals surface area contributed by atoms with E-state index in [9.17, 15) is 32.7 Å². The third kappa shape index (κ3) is 5.72. The van der Waals surface area contributed by atoms with Gasteiger partial charge in [0.05, 0.1) is 19.8 Å². The van der Waals surface area contributed by atoms with Crippen LogP contribution in [0.5, 0.6) is 0 Å². The molecule has 0 heterocycles. The van der Waals surface area contributed by atoms with Crippen LogP contribution in [-0.2, 0) is 34.2 Å². The molecular weight excluding hydrogens is 411 g/mol. The molecule has 1 unspecified atom stereocenters. The molecule has 166 valence electrons. The fourth-order valence-corrected chi connectivity index (χ4v) is 2.21. The third-order valence-corrected chi connectivity index (χ3v) is 3.66. The molecule has 11 heteroatoms. The van der Waals surface area contributed by atoms with Crippen molar-refractivity contribution in [1.29, 1.82) is 0 Å². The van der Waals surface area contributed by atoms with E-state index >= 15 is 0 Å². The summed E-state index contributed by atoms with van der Waals surface area (Å²) in [7, 11) is 0. The van der Waals surface area contributed by atoms with Crippen LogP contribution in [0.2, 0.25) is 0 Å². The minimum absolute atomic E-state index is 0.00810. The van der Waals surface area contributed by atoms with E-state index in [4.69, 9.17) is 9.47 Å². The second-order valence-electron chi connectivity index (χ2n) is 5.65. The Morgan fingerprint density at radius 3 is 1.80 bits per heavy atom. The maximum absolute atomic E-state index is 13.4. The summed E-state index contributed by atoms with van der Waals surface area (Å²) in [6.45, 7) is 4.05. The van der Waals surface area contributed by atoms with E-state index in [1.165, 1.54) is 20.8 Å². The number of aliphatic hydroxyl groups is 1. The van der Waals surface area contributed by atoms with Crippen LogP contribution in [0, 0.1) is 0 Å². The zero-order valence-corrected chi connectivity index (χ0v) is 16.5. The number of anilines is 1. The molecule has 30 heavy (non-hydrogen) atoms. The summed E-state index contributed by atoms with van der Waals surface area (Å²) in [5.41, 5.74) is -4.92. The molecule has 0 aliphatic carbocycles. The van der Waals surface area contributed by atoms with Gasteiger partial charge in [-0.3, -0.25) is 0 Å². The molecule has 0 aliphatic heterocycles. The Kier molecular flexibility index (Phi) is 8.84. The molecule has 0 amide bonds. The number of carbonyl (C=O) groups excluding carboxylic acids is 3. The summed E-state index contributed by atoms with van der Waals surface area (Å²) in [6.07, 6.45) is -4.35. The number of halogens is 3. The van der Waals surface area contributed by atoms with E-state index in [2.05, 4.69) is 10.1 Å². The Hall–Kier alpha value is -3.08. The number of esters is 3. The van der Waals surface area contributed by atoms with Gasteiger partial charge < -0.3 is 24.6 Å². The van der Waals surface area contributed by atoms with Crippen molar-refractivity contribution in [3.05, 3.63) is 41.6 Å². The first-order chi connectivity index (χ1) is 14.0. The number of alkyl halides is 3. The van der Waals surface area contributed by atoms with Crippen LogP contribution < -0.4 is 5.32 Å². The van der Waals surface area contributed by atoms with Gasteiger partial charge in [0, 0.05) is 17.5 Å². The smallest absolute Gasteiger partial charge is 0.432 e. The standard InChI is InChI=1S/C19H22F3NO7/c1-4-28-15(24)14(16(25)29-5-2)11-23-13-9-7-12(8-10-13)18(27,19(20,21)22)17(26)30-6-3/h7-11,23,27H,4-6H2,1-3H3. The first-order valence-electron chi connectivity index (χ1n) is 8.90. The molecule has 1 atom stereocenters. The van der Waals surface area contributed by atoms with Crippen molar-refractivity contribution >= 4 is 23.6 Å². The van der Waals surface area contributed by atoms with Crippen molar-refractivity contribution in [2.75, 3.05) is 25.1 Å². The van der Waals surface area contributed by atoms with Crippen LogP contribution in [0.25, 0.3) is 0 Å². The van der Waals surface area contributed by atoms with E-state index in [-0.39, 0.29) is 25.5 Å². The number of nitrogens with one attached hydrogen (secondary N) is 1.